The van der Waals surface area contributed by atoms with Gasteiger partial charge in [0.15, 0.2) is 5.13 Å². The minimum atomic E-state index is -0.539. The van der Waals surface area contributed by atoms with Crippen molar-refractivity contribution < 1.29 is 4.79 Å². The van der Waals surface area contributed by atoms with Crippen LogP contribution in [0.1, 0.15) is 17.0 Å². The molecule has 4 nitrogen and oxygen atoms in total. The first kappa shape index (κ1) is 7.54. The minimum absolute atomic E-state index is 0.539. The van der Waals surface area contributed by atoms with Gasteiger partial charge in [-0.05, 0) is 19.3 Å². The SMILES string of the molecule is NC(=O)Nc1nc2c(s1)CCC2. The number of nitrogens with zero attached hydrogens (tertiary/aromatic N) is 1. The largest absolute Gasteiger partial charge is 0.351 e. The Hall–Kier alpha value is -1.10. The van der Waals surface area contributed by atoms with Crippen LogP contribution < -0.4 is 11.1 Å². The van der Waals surface area contributed by atoms with Crippen molar-refractivity contribution in [2.75, 3.05) is 5.32 Å². The number of anilines is 1. The van der Waals surface area contributed by atoms with Crippen molar-refractivity contribution >= 4 is 22.5 Å². The van der Waals surface area contributed by atoms with Gasteiger partial charge in [0, 0.05) is 4.88 Å². The maximum atomic E-state index is 10.5. The number of aryl methyl sites for hydroxylation is 2. The van der Waals surface area contributed by atoms with Crippen molar-refractivity contribution in [1.82, 2.24) is 4.98 Å². The molecule has 0 unspecified atom stereocenters. The molecule has 0 aromatic carbocycles. The number of amides is 2. The van der Waals surface area contributed by atoms with Crippen LogP contribution in [0.4, 0.5) is 9.93 Å². The molecule has 0 fully saturated rings. The summed E-state index contributed by atoms with van der Waals surface area (Å²) in [5, 5.41) is 3.11. The Morgan fingerprint density at radius 2 is 2.42 bits per heavy atom. The molecule has 1 aliphatic carbocycles. The number of urea groups is 1. The predicted octanol–water partition coefficient (Wildman–Crippen LogP) is 1.12. The van der Waals surface area contributed by atoms with E-state index in [4.69, 9.17) is 5.73 Å². The van der Waals surface area contributed by atoms with Crippen molar-refractivity contribution in [3.63, 3.8) is 0 Å². The molecule has 1 aromatic rings. The van der Waals surface area contributed by atoms with Gasteiger partial charge in [-0.25, -0.2) is 9.78 Å². The summed E-state index contributed by atoms with van der Waals surface area (Å²) in [6, 6.07) is -0.539. The van der Waals surface area contributed by atoms with E-state index in [1.807, 2.05) is 0 Å². The summed E-state index contributed by atoms with van der Waals surface area (Å²) in [4.78, 5) is 16.0. The second kappa shape index (κ2) is 2.75. The monoisotopic (exact) mass is 183 g/mol. The molecule has 3 N–H and O–H groups in total. The van der Waals surface area contributed by atoms with E-state index in [0.717, 1.165) is 18.5 Å². The van der Waals surface area contributed by atoms with Crippen LogP contribution >= 0.6 is 11.3 Å². The number of rotatable bonds is 1. The highest BCUT2D eigenvalue weighted by molar-refractivity contribution is 7.15. The first-order valence-electron chi connectivity index (χ1n) is 3.81. The van der Waals surface area contributed by atoms with Gasteiger partial charge in [-0.2, -0.15) is 0 Å². The summed E-state index contributed by atoms with van der Waals surface area (Å²) < 4.78 is 0. The molecule has 1 heterocycles. The second-order valence-corrected chi connectivity index (χ2v) is 3.82. The zero-order chi connectivity index (χ0) is 8.55. The third kappa shape index (κ3) is 1.27. The van der Waals surface area contributed by atoms with Gasteiger partial charge in [-0.1, -0.05) is 0 Å². The van der Waals surface area contributed by atoms with Crippen LogP contribution in [0.2, 0.25) is 0 Å². The van der Waals surface area contributed by atoms with Crippen LogP contribution in [-0.2, 0) is 12.8 Å². The van der Waals surface area contributed by atoms with Crippen molar-refractivity contribution in [2.45, 2.75) is 19.3 Å². The average molecular weight is 183 g/mol. The molecule has 1 aromatic heterocycles. The lowest BCUT2D eigenvalue weighted by Crippen LogP contribution is -2.19. The summed E-state index contributed by atoms with van der Waals surface area (Å²) >= 11 is 1.53. The molecule has 64 valence electrons. The summed E-state index contributed by atoms with van der Waals surface area (Å²) in [6.07, 6.45) is 3.31. The smallest absolute Gasteiger partial charge is 0.318 e. The van der Waals surface area contributed by atoms with Crippen molar-refractivity contribution in [3.8, 4) is 0 Å². The van der Waals surface area contributed by atoms with Gasteiger partial charge in [-0.15, -0.1) is 11.3 Å². The topological polar surface area (TPSA) is 68.0 Å². The fraction of sp³-hybridized carbons (Fsp3) is 0.429. The molecule has 0 spiro atoms. The molecular formula is C7H9N3OS. The lowest BCUT2D eigenvalue weighted by Gasteiger charge is -1.93. The van der Waals surface area contributed by atoms with Gasteiger partial charge in [0.05, 0.1) is 5.69 Å². The van der Waals surface area contributed by atoms with E-state index in [2.05, 4.69) is 10.3 Å². The fourth-order valence-electron chi connectivity index (χ4n) is 1.35. The highest BCUT2D eigenvalue weighted by atomic mass is 32.1. The van der Waals surface area contributed by atoms with E-state index in [9.17, 15) is 4.79 Å². The summed E-state index contributed by atoms with van der Waals surface area (Å²) in [7, 11) is 0. The number of nitrogens with two attached hydrogens (primary N) is 1. The molecule has 0 aliphatic heterocycles. The Labute approximate surface area is 73.8 Å². The Morgan fingerprint density at radius 1 is 1.58 bits per heavy atom. The number of aromatic nitrogens is 1. The summed E-state index contributed by atoms with van der Waals surface area (Å²) in [5.74, 6) is 0. The van der Waals surface area contributed by atoms with Crippen LogP contribution in [-0.4, -0.2) is 11.0 Å². The van der Waals surface area contributed by atoms with E-state index in [1.54, 1.807) is 0 Å². The molecule has 0 saturated heterocycles. The fourth-order valence-corrected chi connectivity index (χ4v) is 2.40. The molecule has 12 heavy (non-hydrogen) atoms. The molecule has 0 radical (unpaired) electrons. The highest BCUT2D eigenvalue weighted by Gasteiger charge is 2.16. The highest BCUT2D eigenvalue weighted by Crippen LogP contribution is 2.30. The number of nitrogens with one attached hydrogen (secondary N) is 1. The Morgan fingerprint density at radius 3 is 3.08 bits per heavy atom. The lowest BCUT2D eigenvalue weighted by molar-refractivity contribution is 0.259. The Bertz CT molecular complexity index is 299. The Balaban J connectivity index is 2.20. The number of carbonyl (C=O) groups is 1. The van der Waals surface area contributed by atoms with Crippen molar-refractivity contribution in [2.24, 2.45) is 5.73 Å². The molecule has 2 rings (SSSR count). The quantitative estimate of drug-likeness (QED) is 0.685. The first-order valence-corrected chi connectivity index (χ1v) is 4.62. The molecule has 5 heteroatoms. The number of primary amides is 1. The van der Waals surface area contributed by atoms with E-state index in [1.165, 1.54) is 22.6 Å². The Kier molecular flexibility index (Phi) is 1.73. The van der Waals surface area contributed by atoms with Crippen LogP contribution in [0, 0.1) is 0 Å². The maximum absolute atomic E-state index is 10.5. The standard InChI is InChI=1S/C7H9N3OS/c8-6(11)10-7-9-4-2-1-3-5(4)12-7/h1-3H2,(H3,8,9,10,11). The number of fused-ring (bicyclic) bond motifs is 1. The van der Waals surface area contributed by atoms with Gasteiger partial charge in [0.1, 0.15) is 0 Å². The maximum Gasteiger partial charge on any atom is 0.318 e. The second-order valence-electron chi connectivity index (χ2n) is 2.73. The van der Waals surface area contributed by atoms with Gasteiger partial charge >= 0.3 is 6.03 Å². The van der Waals surface area contributed by atoms with Crippen LogP contribution in [0.5, 0.6) is 0 Å². The molecule has 0 atom stereocenters. The number of carbonyl (C=O) groups excluding carboxylic acids is 1. The zero-order valence-electron chi connectivity index (χ0n) is 6.46. The van der Waals surface area contributed by atoms with Crippen LogP contribution in [0.3, 0.4) is 0 Å². The third-order valence-electron chi connectivity index (χ3n) is 1.83. The molecule has 0 bridgehead atoms. The number of hydrogen-bond donors (Lipinski definition) is 2. The van der Waals surface area contributed by atoms with Crippen LogP contribution in [0.25, 0.3) is 0 Å². The van der Waals surface area contributed by atoms with Crippen molar-refractivity contribution in [3.05, 3.63) is 10.6 Å². The molecule has 0 saturated carbocycles. The van der Waals surface area contributed by atoms with E-state index in [0.29, 0.717) is 5.13 Å². The average Bonchev–Trinajstić information content (AvgIpc) is 2.43. The lowest BCUT2D eigenvalue weighted by atomic mass is 10.4. The third-order valence-corrected chi connectivity index (χ3v) is 2.90. The minimum Gasteiger partial charge on any atom is -0.351 e. The number of thiazole rings is 1. The van der Waals surface area contributed by atoms with Crippen molar-refractivity contribution in [1.29, 1.82) is 0 Å². The van der Waals surface area contributed by atoms with E-state index < -0.39 is 6.03 Å². The molecule has 1 aliphatic rings. The van der Waals surface area contributed by atoms with Gasteiger partial charge in [0.25, 0.3) is 0 Å². The van der Waals surface area contributed by atoms with E-state index >= 15 is 0 Å². The van der Waals surface area contributed by atoms with E-state index in [-0.39, 0.29) is 0 Å². The zero-order valence-corrected chi connectivity index (χ0v) is 7.28. The van der Waals surface area contributed by atoms with Gasteiger partial charge in [-0.3, -0.25) is 5.32 Å². The van der Waals surface area contributed by atoms with Gasteiger partial charge < -0.3 is 5.73 Å². The van der Waals surface area contributed by atoms with Gasteiger partial charge in [0.2, 0.25) is 0 Å². The van der Waals surface area contributed by atoms with Crippen LogP contribution in [0.15, 0.2) is 0 Å². The predicted molar refractivity (Wildman–Crippen MR) is 47.3 cm³/mol. The summed E-state index contributed by atoms with van der Waals surface area (Å²) in [5.41, 5.74) is 6.09. The molecular weight excluding hydrogens is 174 g/mol. The normalized spacial score (nSPS) is 14.3. The first-order chi connectivity index (χ1) is 5.75. The molecule has 2 amide bonds. The summed E-state index contributed by atoms with van der Waals surface area (Å²) in [6.45, 7) is 0. The number of hydrogen-bond acceptors (Lipinski definition) is 3.